The number of hydrogen-bond donors (Lipinski definition) is 2. The maximum Gasteiger partial charge on any atom is 0.231 e. The normalized spacial score (nSPS) is 16.7. The average Bonchev–Trinajstić information content (AvgIpc) is 3.55. The summed E-state index contributed by atoms with van der Waals surface area (Å²) in [6, 6.07) is 10.4. The number of ether oxygens (including phenoxy) is 4. The minimum Gasteiger partial charge on any atom is -0.493 e. The van der Waals surface area contributed by atoms with Crippen molar-refractivity contribution in [3.8, 4) is 23.0 Å². The highest BCUT2D eigenvalue weighted by molar-refractivity contribution is 5.87. The minimum atomic E-state index is -0.0587. The first kappa shape index (κ1) is 21.5. The molecule has 0 fully saturated rings. The summed E-state index contributed by atoms with van der Waals surface area (Å²) < 4.78 is 22.2. The van der Waals surface area contributed by atoms with Gasteiger partial charge in [-0.2, -0.15) is 0 Å². The summed E-state index contributed by atoms with van der Waals surface area (Å²) in [5.41, 5.74) is 5.75. The zero-order valence-electron chi connectivity index (χ0n) is 19.2. The van der Waals surface area contributed by atoms with Gasteiger partial charge >= 0.3 is 0 Å². The fourth-order valence-electron chi connectivity index (χ4n) is 4.64. The lowest BCUT2D eigenvalue weighted by molar-refractivity contribution is 0.0853. The summed E-state index contributed by atoms with van der Waals surface area (Å²) in [5.74, 6) is 2.46. The first-order valence-corrected chi connectivity index (χ1v) is 11.2. The Bertz CT molecular complexity index is 1190. The highest BCUT2D eigenvalue weighted by Gasteiger charge is 2.30. The van der Waals surface area contributed by atoms with Crippen molar-refractivity contribution in [2.24, 2.45) is 5.16 Å². The number of hydrogen-bond acceptors (Lipinski definition) is 7. The van der Waals surface area contributed by atoms with Crippen LogP contribution in [0.3, 0.4) is 0 Å². The molecule has 0 bridgehead atoms. The minimum absolute atomic E-state index is 0.0587. The molecule has 0 radical (unpaired) electrons. The number of nitrogens with one attached hydrogen (secondary N) is 2. The molecule has 0 saturated heterocycles. The molecule has 174 valence electrons. The molecule has 2 N–H and O–H groups in total. The van der Waals surface area contributed by atoms with Crippen LogP contribution >= 0.6 is 0 Å². The van der Waals surface area contributed by atoms with Crippen LogP contribution in [0, 0.1) is 6.92 Å². The van der Waals surface area contributed by atoms with E-state index in [1.807, 2.05) is 6.07 Å². The molecule has 1 atom stereocenters. The number of fused-ring (bicyclic) bond motifs is 2. The van der Waals surface area contributed by atoms with Crippen molar-refractivity contribution in [3.05, 3.63) is 47.2 Å². The highest BCUT2D eigenvalue weighted by Crippen LogP contribution is 2.50. The van der Waals surface area contributed by atoms with E-state index in [1.165, 1.54) is 22.2 Å². The molecule has 1 unspecified atom stereocenters. The van der Waals surface area contributed by atoms with Crippen molar-refractivity contribution in [2.75, 3.05) is 34.1 Å². The molecule has 33 heavy (non-hydrogen) atoms. The Morgan fingerprint density at radius 2 is 2.00 bits per heavy atom. The number of oxime groups is 1. The van der Waals surface area contributed by atoms with Gasteiger partial charge in [-0.05, 0) is 37.6 Å². The summed E-state index contributed by atoms with van der Waals surface area (Å²) in [4.78, 5) is 9.18. The summed E-state index contributed by atoms with van der Waals surface area (Å²) in [6.45, 7) is 3.87. The maximum atomic E-state index is 5.72. The number of aromatic nitrogens is 1. The predicted molar refractivity (Wildman–Crippen MR) is 126 cm³/mol. The van der Waals surface area contributed by atoms with Crippen molar-refractivity contribution in [1.29, 1.82) is 0 Å². The van der Waals surface area contributed by atoms with Crippen molar-refractivity contribution in [3.63, 3.8) is 0 Å². The zero-order chi connectivity index (χ0) is 22.8. The second-order valence-corrected chi connectivity index (χ2v) is 8.33. The zero-order valence-corrected chi connectivity index (χ0v) is 19.2. The first-order valence-electron chi connectivity index (χ1n) is 11.2. The topological polar surface area (TPSA) is 86.3 Å². The SMILES string of the molecule is COc1cc(CC2CC(CNCCc3c(C)[nH]c4ccccc34)=NO2)c(OC)c2c1OCO2. The summed E-state index contributed by atoms with van der Waals surface area (Å²) in [6.07, 6.45) is 2.30. The van der Waals surface area contributed by atoms with E-state index >= 15 is 0 Å². The van der Waals surface area contributed by atoms with Crippen LogP contribution < -0.4 is 24.3 Å². The molecular formula is C25H29N3O5. The molecule has 8 nitrogen and oxygen atoms in total. The number of methoxy groups -OCH3 is 2. The van der Waals surface area contributed by atoms with E-state index in [1.54, 1.807) is 14.2 Å². The lowest BCUT2D eigenvalue weighted by atomic mass is 10.0. The Balaban J connectivity index is 1.15. The molecule has 1 aromatic heterocycles. The number of benzene rings is 2. The first-order chi connectivity index (χ1) is 16.2. The molecule has 3 heterocycles. The lowest BCUT2D eigenvalue weighted by Gasteiger charge is -2.15. The molecular weight excluding hydrogens is 422 g/mol. The largest absolute Gasteiger partial charge is 0.493 e. The highest BCUT2D eigenvalue weighted by atomic mass is 16.7. The van der Waals surface area contributed by atoms with Crippen LogP contribution in [0.4, 0.5) is 0 Å². The third kappa shape index (κ3) is 4.18. The monoisotopic (exact) mass is 451 g/mol. The smallest absolute Gasteiger partial charge is 0.231 e. The molecule has 5 rings (SSSR count). The fraction of sp³-hybridized carbons (Fsp3) is 0.400. The molecule has 0 aliphatic carbocycles. The van der Waals surface area contributed by atoms with Gasteiger partial charge in [-0.15, -0.1) is 0 Å². The van der Waals surface area contributed by atoms with E-state index in [2.05, 4.69) is 46.6 Å². The van der Waals surface area contributed by atoms with Crippen LogP contribution in [0.25, 0.3) is 10.9 Å². The quantitative estimate of drug-likeness (QED) is 0.482. The average molecular weight is 452 g/mol. The van der Waals surface area contributed by atoms with Crippen LogP contribution in [0.2, 0.25) is 0 Å². The Morgan fingerprint density at radius 3 is 2.85 bits per heavy atom. The molecule has 2 aliphatic rings. The summed E-state index contributed by atoms with van der Waals surface area (Å²) in [7, 11) is 3.24. The number of para-hydroxylation sites is 1. The molecule has 0 spiro atoms. The number of H-pyrrole nitrogens is 1. The van der Waals surface area contributed by atoms with Crippen LogP contribution in [0.15, 0.2) is 35.5 Å². The summed E-state index contributed by atoms with van der Waals surface area (Å²) >= 11 is 0. The Kier molecular flexibility index (Phi) is 6.00. The fourth-order valence-corrected chi connectivity index (χ4v) is 4.64. The Morgan fingerprint density at radius 1 is 1.15 bits per heavy atom. The van der Waals surface area contributed by atoms with Crippen molar-refractivity contribution >= 4 is 16.6 Å². The number of nitrogens with zero attached hydrogens (tertiary/aromatic N) is 1. The second kappa shape index (κ2) is 9.23. The van der Waals surface area contributed by atoms with E-state index in [-0.39, 0.29) is 12.9 Å². The lowest BCUT2D eigenvalue weighted by Crippen LogP contribution is -2.25. The third-order valence-electron chi connectivity index (χ3n) is 6.21. The molecule has 2 aliphatic heterocycles. The van der Waals surface area contributed by atoms with E-state index in [0.29, 0.717) is 36.0 Å². The predicted octanol–water partition coefficient (Wildman–Crippen LogP) is 3.74. The van der Waals surface area contributed by atoms with E-state index in [0.717, 1.165) is 30.7 Å². The molecule has 3 aromatic rings. The van der Waals surface area contributed by atoms with Gasteiger partial charge < -0.3 is 34.1 Å². The van der Waals surface area contributed by atoms with E-state index in [9.17, 15) is 0 Å². The third-order valence-corrected chi connectivity index (χ3v) is 6.21. The van der Waals surface area contributed by atoms with E-state index < -0.39 is 0 Å². The number of aryl methyl sites for hydroxylation is 1. The maximum absolute atomic E-state index is 5.72. The van der Waals surface area contributed by atoms with Gasteiger partial charge in [-0.3, -0.25) is 0 Å². The van der Waals surface area contributed by atoms with Crippen LogP contribution in [0.5, 0.6) is 23.0 Å². The van der Waals surface area contributed by atoms with Gasteiger partial charge in [0.15, 0.2) is 11.5 Å². The molecule has 8 heteroatoms. The van der Waals surface area contributed by atoms with Gasteiger partial charge in [0.1, 0.15) is 6.10 Å². The molecule has 0 saturated carbocycles. The molecule has 0 amide bonds. The van der Waals surface area contributed by atoms with Crippen LogP contribution in [-0.4, -0.2) is 50.9 Å². The number of aromatic amines is 1. The standard InChI is InChI=1S/C25H29N3O5/c1-15-19(20-6-4-5-7-21(20)27-15)8-9-26-13-17-12-18(33-28-17)10-16-11-22(29-2)24-25(23(16)30-3)32-14-31-24/h4-7,11,18,26-27H,8-10,12-14H2,1-3H3. The van der Waals surface area contributed by atoms with Crippen molar-refractivity contribution in [2.45, 2.75) is 32.3 Å². The van der Waals surface area contributed by atoms with Crippen molar-refractivity contribution < 1.29 is 23.8 Å². The Hall–Kier alpha value is -3.39. The molecule has 2 aromatic carbocycles. The number of rotatable bonds is 9. The van der Waals surface area contributed by atoms with Crippen LogP contribution in [-0.2, 0) is 17.7 Å². The van der Waals surface area contributed by atoms with Crippen LogP contribution in [0.1, 0.15) is 23.2 Å². The van der Waals surface area contributed by atoms with Gasteiger partial charge in [0.25, 0.3) is 0 Å². The van der Waals surface area contributed by atoms with Gasteiger partial charge in [-0.25, -0.2) is 0 Å². The Labute approximate surface area is 192 Å². The van der Waals surface area contributed by atoms with Crippen molar-refractivity contribution in [1.82, 2.24) is 10.3 Å². The second-order valence-electron chi connectivity index (χ2n) is 8.33. The summed E-state index contributed by atoms with van der Waals surface area (Å²) in [5, 5.41) is 9.11. The van der Waals surface area contributed by atoms with Gasteiger partial charge in [-0.1, -0.05) is 23.4 Å². The van der Waals surface area contributed by atoms with Gasteiger partial charge in [0.05, 0.1) is 19.9 Å². The van der Waals surface area contributed by atoms with Gasteiger partial charge in [0.2, 0.25) is 18.3 Å². The van der Waals surface area contributed by atoms with Gasteiger partial charge in [0, 0.05) is 41.5 Å². The van der Waals surface area contributed by atoms with E-state index in [4.69, 9.17) is 23.8 Å².